The smallest absolute Gasteiger partial charge is 0.292 e. The fourth-order valence-corrected chi connectivity index (χ4v) is 4.02. The SMILES string of the molecule is CC(C)CC1C(=O)N(C2CCCCC2)C=CN1c1ccccc1[N+](=O)[O-]. The third kappa shape index (κ3) is 3.74. The molecule has 1 amide bonds. The van der Waals surface area contributed by atoms with Crippen molar-refractivity contribution in [3.63, 3.8) is 0 Å². The zero-order valence-corrected chi connectivity index (χ0v) is 15.5. The number of rotatable bonds is 5. The lowest BCUT2D eigenvalue weighted by molar-refractivity contribution is -0.384. The molecule has 0 aromatic heterocycles. The molecule has 1 aliphatic carbocycles. The van der Waals surface area contributed by atoms with Crippen molar-refractivity contribution in [2.24, 2.45) is 5.92 Å². The van der Waals surface area contributed by atoms with E-state index in [-0.39, 0.29) is 22.6 Å². The third-order valence-electron chi connectivity index (χ3n) is 5.28. The topological polar surface area (TPSA) is 66.7 Å². The Bertz CT molecular complexity index is 695. The summed E-state index contributed by atoms with van der Waals surface area (Å²) in [6.45, 7) is 4.16. The predicted octanol–water partition coefficient (Wildman–Crippen LogP) is 4.46. The van der Waals surface area contributed by atoms with Crippen molar-refractivity contribution in [3.8, 4) is 0 Å². The molecule has 0 saturated heterocycles. The largest absolute Gasteiger partial charge is 0.328 e. The minimum absolute atomic E-state index is 0.0322. The zero-order chi connectivity index (χ0) is 18.7. The molecule has 2 aliphatic rings. The first-order valence-electron chi connectivity index (χ1n) is 9.51. The number of carbonyl (C=O) groups excluding carboxylic acids is 1. The Morgan fingerprint density at radius 1 is 1.12 bits per heavy atom. The molecule has 3 rings (SSSR count). The van der Waals surface area contributed by atoms with Gasteiger partial charge in [0.25, 0.3) is 5.69 Å². The average molecular weight is 357 g/mol. The number of benzene rings is 1. The Labute approximate surface area is 154 Å². The van der Waals surface area contributed by atoms with Gasteiger partial charge < -0.3 is 9.80 Å². The Morgan fingerprint density at radius 2 is 1.77 bits per heavy atom. The lowest BCUT2D eigenvalue weighted by Gasteiger charge is -2.41. The second-order valence-corrected chi connectivity index (χ2v) is 7.63. The second kappa shape index (κ2) is 7.89. The van der Waals surface area contributed by atoms with Crippen LogP contribution in [0.15, 0.2) is 36.7 Å². The van der Waals surface area contributed by atoms with Gasteiger partial charge >= 0.3 is 0 Å². The molecule has 0 N–H and O–H groups in total. The molecule has 1 aromatic rings. The van der Waals surface area contributed by atoms with Gasteiger partial charge in [-0.25, -0.2) is 0 Å². The second-order valence-electron chi connectivity index (χ2n) is 7.63. The summed E-state index contributed by atoms with van der Waals surface area (Å²) in [7, 11) is 0. The molecular weight excluding hydrogens is 330 g/mol. The van der Waals surface area contributed by atoms with Crippen molar-refractivity contribution in [1.82, 2.24) is 4.90 Å². The summed E-state index contributed by atoms with van der Waals surface area (Å²) < 4.78 is 0. The van der Waals surface area contributed by atoms with Crippen molar-refractivity contribution in [1.29, 1.82) is 0 Å². The lowest BCUT2D eigenvalue weighted by Crippen LogP contribution is -2.52. The van der Waals surface area contributed by atoms with E-state index in [0.29, 0.717) is 18.0 Å². The van der Waals surface area contributed by atoms with E-state index in [1.165, 1.54) is 12.5 Å². The molecule has 1 unspecified atom stereocenters. The van der Waals surface area contributed by atoms with Crippen LogP contribution in [0, 0.1) is 16.0 Å². The van der Waals surface area contributed by atoms with Gasteiger partial charge in [0.1, 0.15) is 11.7 Å². The van der Waals surface area contributed by atoms with E-state index in [2.05, 4.69) is 13.8 Å². The Balaban J connectivity index is 1.96. The molecule has 0 radical (unpaired) electrons. The van der Waals surface area contributed by atoms with Crippen LogP contribution >= 0.6 is 0 Å². The molecule has 1 heterocycles. The fourth-order valence-electron chi connectivity index (χ4n) is 4.02. The van der Waals surface area contributed by atoms with Crippen LogP contribution < -0.4 is 4.90 Å². The number of para-hydroxylation sites is 2. The normalized spacial score (nSPS) is 21.5. The molecule has 0 bridgehead atoms. The van der Waals surface area contributed by atoms with Gasteiger partial charge in [-0.05, 0) is 31.2 Å². The summed E-state index contributed by atoms with van der Waals surface area (Å²) in [4.78, 5) is 28.0. The van der Waals surface area contributed by atoms with Gasteiger partial charge in [-0.15, -0.1) is 0 Å². The standard InChI is InChI=1S/C20H27N3O3/c1-15(2)14-19-20(24)21(16-8-4-3-5-9-16)12-13-22(19)17-10-6-7-11-18(17)23(25)26/h6-7,10-13,15-16,19H,3-5,8-9,14H2,1-2H3. The van der Waals surface area contributed by atoms with Crippen LogP contribution in [-0.2, 0) is 4.79 Å². The summed E-state index contributed by atoms with van der Waals surface area (Å²) in [6, 6.07) is 6.51. The van der Waals surface area contributed by atoms with Crippen LogP contribution in [0.2, 0.25) is 0 Å². The van der Waals surface area contributed by atoms with Crippen LogP contribution in [0.25, 0.3) is 0 Å². The van der Waals surface area contributed by atoms with Crippen molar-refractivity contribution in [2.45, 2.75) is 64.5 Å². The van der Waals surface area contributed by atoms with E-state index in [1.807, 2.05) is 17.3 Å². The molecule has 6 heteroatoms. The number of nitro groups is 1. The number of nitrogens with zero attached hydrogens (tertiary/aromatic N) is 3. The van der Waals surface area contributed by atoms with Gasteiger partial charge in [-0.1, -0.05) is 45.2 Å². The predicted molar refractivity (Wildman–Crippen MR) is 102 cm³/mol. The highest BCUT2D eigenvalue weighted by molar-refractivity contribution is 5.89. The van der Waals surface area contributed by atoms with E-state index in [9.17, 15) is 14.9 Å². The molecule has 1 saturated carbocycles. The van der Waals surface area contributed by atoms with Crippen molar-refractivity contribution in [3.05, 3.63) is 46.8 Å². The zero-order valence-electron chi connectivity index (χ0n) is 15.5. The monoisotopic (exact) mass is 357 g/mol. The molecular formula is C20H27N3O3. The van der Waals surface area contributed by atoms with E-state index >= 15 is 0 Å². The molecule has 0 spiro atoms. The van der Waals surface area contributed by atoms with Crippen LogP contribution in [-0.4, -0.2) is 27.8 Å². The highest BCUT2D eigenvalue weighted by Crippen LogP contribution is 2.35. The molecule has 1 aliphatic heterocycles. The van der Waals surface area contributed by atoms with E-state index in [1.54, 1.807) is 23.1 Å². The van der Waals surface area contributed by atoms with Gasteiger partial charge in [-0.3, -0.25) is 14.9 Å². The number of nitro benzene ring substituents is 1. The quantitative estimate of drug-likeness (QED) is 0.576. The first-order valence-corrected chi connectivity index (χ1v) is 9.51. The highest BCUT2D eigenvalue weighted by Gasteiger charge is 2.37. The first kappa shape index (κ1) is 18.4. The molecule has 1 fully saturated rings. The minimum atomic E-state index is -0.400. The maximum absolute atomic E-state index is 13.3. The molecule has 1 atom stereocenters. The maximum atomic E-state index is 13.3. The summed E-state index contributed by atoms with van der Waals surface area (Å²) in [5.41, 5.74) is 0.515. The van der Waals surface area contributed by atoms with Crippen molar-refractivity contribution >= 4 is 17.3 Å². The van der Waals surface area contributed by atoms with E-state index < -0.39 is 6.04 Å². The number of hydrogen-bond donors (Lipinski definition) is 0. The summed E-state index contributed by atoms with van der Waals surface area (Å²) >= 11 is 0. The molecule has 1 aromatic carbocycles. The number of amides is 1. The van der Waals surface area contributed by atoms with Gasteiger partial charge in [0.15, 0.2) is 0 Å². The van der Waals surface area contributed by atoms with Crippen molar-refractivity contribution in [2.75, 3.05) is 4.90 Å². The summed E-state index contributed by atoms with van der Waals surface area (Å²) in [5.74, 6) is 0.375. The van der Waals surface area contributed by atoms with Crippen LogP contribution in [0.4, 0.5) is 11.4 Å². The van der Waals surface area contributed by atoms with Crippen molar-refractivity contribution < 1.29 is 9.72 Å². The third-order valence-corrected chi connectivity index (χ3v) is 5.28. The van der Waals surface area contributed by atoms with Gasteiger partial charge in [0.2, 0.25) is 5.91 Å². The fraction of sp³-hybridized carbons (Fsp3) is 0.550. The Kier molecular flexibility index (Phi) is 5.59. The number of anilines is 1. The summed E-state index contributed by atoms with van der Waals surface area (Å²) in [5, 5.41) is 11.4. The molecule has 140 valence electrons. The Hall–Kier alpha value is -2.37. The number of carbonyl (C=O) groups is 1. The molecule has 6 nitrogen and oxygen atoms in total. The highest BCUT2D eigenvalue weighted by atomic mass is 16.6. The lowest BCUT2D eigenvalue weighted by atomic mass is 9.92. The van der Waals surface area contributed by atoms with E-state index in [4.69, 9.17) is 0 Å². The van der Waals surface area contributed by atoms with Gasteiger partial charge in [-0.2, -0.15) is 0 Å². The number of hydrogen-bond acceptors (Lipinski definition) is 4. The van der Waals surface area contributed by atoms with Crippen LogP contribution in [0.5, 0.6) is 0 Å². The average Bonchev–Trinajstić information content (AvgIpc) is 2.63. The first-order chi connectivity index (χ1) is 12.5. The Morgan fingerprint density at radius 3 is 2.42 bits per heavy atom. The van der Waals surface area contributed by atoms with Crippen LogP contribution in [0.3, 0.4) is 0 Å². The maximum Gasteiger partial charge on any atom is 0.292 e. The molecule has 26 heavy (non-hydrogen) atoms. The van der Waals surface area contributed by atoms with E-state index in [0.717, 1.165) is 25.7 Å². The minimum Gasteiger partial charge on any atom is -0.328 e. The summed E-state index contributed by atoms with van der Waals surface area (Å²) in [6.07, 6.45) is 9.97. The van der Waals surface area contributed by atoms with Gasteiger partial charge in [0, 0.05) is 24.5 Å². The van der Waals surface area contributed by atoms with Crippen LogP contribution in [0.1, 0.15) is 52.4 Å². The van der Waals surface area contributed by atoms with Gasteiger partial charge in [0.05, 0.1) is 4.92 Å².